The van der Waals surface area contributed by atoms with E-state index in [9.17, 15) is 4.39 Å². The number of rotatable bonds is 6. The van der Waals surface area contributed by atoms with Crippen LogP contribution < -0.4 is 9.47 Å². The van der Waals surface area contributed by atoms with Crippen LogP contribution >= 0.6 is 11.6 Å². The van der Waals surface area contributed by atoms with Crippen molar-refractivity contribution < 1.29 is 18.3 Å². The first-order valence-electron chi connectivity index (χ1n) is 9.57. The molecule has 0 amide bonds. The summed E-state index contributed by atoms with van der Waals surface area (Å²) in [6.45, 7) is 2.47. The Morgan fingerprint density at radius 3 is 2.79 bits per heavy atom. The Hall–Kier alpha value is -2.41. The Kier molecular flexibility index (Phi) is 5.62. The quantitative estimate of drug-likeness (QED) is 0.533. The van der Waals surface area contributed by atoms with Crippen LogP contribution in [0.5, 0.6) is 11.9 Å². The first kappa shape index (κ1) is 18.9. The maximum atomic E-state index is 13.7. The highest BCUT2D eigenvalue weighted by atomic mass is 35.5. The molecule has 6 nitrogen and oxygen atoms in total. The first-order chi connectivity index (χ1) is 13.6. The van der Waals surface area contributed by atoms with Crippen molar-refractivity contribution >= 4 is 22.8 Å². The highest BCUT2D eigenvalue weighted by Gasteiger charge is 2.22. The van der Waals surface area contributed by atoms with Gasteiger partial charge in [0.2, 0.25) is 5.89 Å². The van der Waals surface area contributed by atoms with E-state index in [0.717, 1.165) is 32.1 Å². The summed E-state index contributed by atoms with van der Waals surface area (Å²) >= 11 is 6.18. The number of ether oxygens (including phenoxy) is 2. The third-order valence-corrected chi connectivity index (χ3v) is 4.96. The number of benzene rings is 1. The molecule has 0 N–H and O–H groups in total. The molecule has 1 aromatic carbocycles. The monoisotopic (exact) mass is 405 g/mol. The molecule has 1 saturated carbocycles. The van der Waals surface area contributed by atoms with Gasteiger partial charge in [0.25, 0.3) is 11.6 Å². The molecule has 1 aliphatic carbocycles. The van der Waals surface area contributed by atoms with Gasteiger partial charge in [-0.05, 0) is 50.3 Å². The topological polar surface area (TPSA) is 70.3 Å². The molecule has 1 aliphatic rings. The molecule has 0 saturated heterocycles. The molecule has 3 aromatic rings. The number of hydrogen-bond donors (Lipinski definition) is 0. The molecule has 0 bridgehead atoms. The third-order valence-electron chi connectivity index (χ3n) is 4.63. The molecular formula is C20H21ClFN3O3. The molecule has 2 heterocycles. The van der Waals surface area contributed by atoms with Gasteiger partial charge in [-0.15, -0.1) is 0 Å². The lowest BCUT2D eigenvalue weighted by Crippen LogP contribution is -2.20. The molecular weight excluding hydrogens is 385 g/mol. The van der Waals surface area contributed by atoms with Crippen molar-refractivity contribution in [1.82, 2.24) is 15.0 Å². The lowest BCUT2D eigenvalue weighted by molar-refractivity contribution is 0.140. The second-order valence-electron chi connectivity index (χ2n) is 6.83. The number of aromatic nitrogens is 3. The minimum Gasteiger partial charge on any atom is -0.476 e. The molecule has 0 atom stereocenters. The van der Waals surface area contributed by atoms with Crippen molar-refractivity contribution in [3.63, 3.8) is 0 Å². The predicted molar refractivity (Wildman–Crippen MR) is 103 cm³/mol. The molecule has 1 fully saturated rings. The van der Waals surface area contributed by atoms with Crippen molar-refractivity contribution in [2.24, 2.45) is 0 Å². The Morgan fingerprint density at radius 2 is 2.00 bits per heavy atom. The highest BCUT2D eigenvalue weighted by Crippen LogP contribution is 2.34. The molecule has 8 heteroatoms. The fraction of sp³-hybridized carbons (Fsp3) is 0.450. The number of fused-ring (bicyclic) bond motifs is 1. The van der Waals surface area contributed by atoms with E-state index < -0.39 is 5.82 Å². The second kappa shape index (κ2) is 8.31. The van der Waals surface area contributed by atoms with Gasteiger partial charge >= 0.3 is 6.01 Å². The standard InChI is InChI=1S/C20H21ClFN3O3/c1-2-10-26-18-16-19(25-20(24-18)27-13-6-4-3-5-7-13)28-17(23-16)14-11-12(22)8-9-15(14)21/h8-9,11,13H,2-7,10H2,1H3. The van der Waals surface area contributed by atoms with Gasteiger partial charge in [0.1, 0.15) is 11.9 Å². The van der Waals surface area contributed by atoms with Gasteiger partial charge in [-0.1, -0.05) is 24.9 Å². The van der Waals surface area contributed by atoms with Gasteiger partial charge in [0.15, 0.2) is 5.52 Å². The van der Waals surface area contributed by atoms with Crippen LogP contribution in [0.3, 0.4) is 0 Å². The SMILES string of the molecule is CCCOc1nc(OC2CCCCC2)nc2oc(-c3cc(F)ccc3Cl)nc12. The largest absolute Gasteiger partial charge is 0.476 e. The van der Waals surface area contributed by atoms with Crippen molar-refractivity contribution in [3.05, 3.63) is 29.0 Å². The van der Waals surface area contributed by atoms with E-state index in [2.05, 4.69) is 15.0 Å². The second-order valence-corrected chi connectivity index (χ2v) is 7.24. The van der Waals surface area contributed by atoms with E-state index in [4.69, 9.17) is 25.5 Å². The van der Waals surface area contributed by atoms with Gasteiger partial charge in [-0.25, -0.2) is 9.37 Å². The molecule has 0 spiro atoms. The van der Waals surface area contributed by atoms with Gasteiger partial charge in [0.05, 0.1) is 17.2 Å². The van der Waals surface area contributed by atoms with Gasteiger partial charge < -0.3 is 13.9 Å². The summed E-state index contributed by atoms with van der Waals surface area (Å²) < 4.78 is 31.1. The van der Waals surface area contributed by atoms with Crippen LogP contribution in [-0.2, 0) is 0 Å². The zero-order valence-corrected chi connectivity index (χ0v) is 16.3. The fourth-order valence-corrected chi connectivity index (χ4v) is 3.44. The zero-order chi connectivity index (χ0) is 19.5. The molecule has 2 aromatic heterocycles. The minimum atomic E-state index is -0.434. The van der Waals surface area contributed by atoms with Crippen molar-refractivity contribution in [1.29, 1.82) is 0 Å². The minimum absolute atomic E-state index is 0.0882. The average molecular weight is 406 g/mol. The van der Waals surface area contributed by atoms with Crippen LogP contribution in [0.1, 0.15) is 45.4 Å². The Morgan fingerprint density at radius 1 is 1.18 bits per heavy atom. The van der Waals surface area contributed by atoms with Gasteiger partial charge in [-0.3, -0.25) is 0 Å². The van der Waals surface area contributed by atoms with Crippen molar-refractivity contribution in [2.75, 3.05) is 6.61 Å². The van der Waals surface area contributed by atoms with Crippen molar-refractivity contribution in [2.45, 2.75) is 51.6 Å². The van der Waals surface area contributed by atoms with Crippen LogP contribution in [0.15, 0.2) is 22.6 Å². The van der Waals surface area contributed by atoms with Gasteiger partial charge in [-0.2, -0.15) is 9.97 Å². The van der Waals surface area contributed by atoms with Crippen LogP contribution in [-0.4, -0.2) is 27.7 Å². The summed E-state index contributed by atoms with van der Waals surface area (Å²) in [5.41, 5.74) is 0.929. The normalized spacial score (nSPS) is 15.1. The Bertz CT molecular complexity index is 973. The lowest BCUT2D eigenvalue weighted by atomic mass is 9.98. The van der Waals surface area contributed by atoms with E-state index >= 15 is 0 Å². The molecule has 0 radical (unpaired) electrons. The average Bonchev–Trinajstić information content (AvgIpc) is 3.13. The molecule has 148 valence electrons. The maximum absolute atomic E-state index is 13.7. The molecule has 4 rings (SSSR count). The highest BCUT2D eigenvalue weighted by molar-refractivity contribution is 6.33. The van der Waals surface area contributed by atoms with E-state index in [0.29, 0.717) is 28.6 Å². The summed E-state index contributed by atoms with van der Waals surface area (Å²) in [6, 6.07) is 4.21. The number of oxazole rings is 1. The van der Waals surface area contributed by atoms with Crippen LogP contribution in [0, 0.1) is 5.82 Å². The van der Waals surface area contributed by atoms with Gasteiger partial charge in [0, 0.05) is 0 Å². The van der Waals surface area contributed by atoms with Crippen LogP contribution in [0.4, 0.5) is 4.39 Å². The van der Waals surface area contributed by atoms with E-state index in [1.165, 1.54) is 24.6 Å². The lowest BCUT2D eigenvalue weighted by Gasteiger charge is -2.21. The summed E-state index contributed by atoms with van der Waals surface area (Å²) in [5, 5.41) is 0.329. The fourth-order valence-electron chi connectivity index (χ4n) is 3.24. The van der Waals surface area contributed by atoms with Crippen molar-refractivity contribution in [3.8, 4) is 23.3 Å². The molecule has 28 heavy (non-hydrogen) atoms. The number of halogens is 2. The smallest absolute Gasteiger partial charge is 0.323 e. The van der Waals surface area contributed by atoms with E-state index in [1.54, 1.807) is 0 Å². The first-order valence-corrected chi connectivity index (χ1v) is 9.95. The van der Waals surface area contributed by atoms with E-state index in [-0.39, 0.29) is 23.7 Å². The Labute approximate surface area is 167 Å². The molecule has 0 unspecified atom stereocenters. The summed E-state index contributed by atoms with van der Waals surface area (Å²) in [4.78, 5) is 13.2. The summed E-state index contributed by atoms with van der Waals surface area (Å²) in [5.74, 6) is 0.0154. The maximum Gasteiger partial charge on any atom is 0.323 e. The zero-order valence-electron chi connectivity index (χ0n) is 15.6. The summed E-state index contributed by atoms with van der Waals surface area (Å²) in [6.07, 6.45) is 6.35. The van der Waals surface area contributed by atoms with Crippen LogP contribution in [0.25, 0.3) is 22.7 Å². The molecule has 0 aliphatic heterocycles. The number of nitrogens with zero attached hydrogens (tertiary/aromatic N) is 3. The third kappa shape index (κ3) is 4.04. The van der Waals surface area contributed by atoms with Crippen LogP contribution in [0.2, 0.25) is 5.02 Å². The summed E-state index contributed by atoms with van der Waals surface area (Å²) in [7, 11) is 0. The predicted octanol–water partition coefficient (Wildman–Crippen LogP) is 5.58. The Balaban J connectivity index is 1.73. The van der Waals surface area contributed by atoms with E-state index in [1.807, 2.05) is 6.92 Å². The number of hydrogen-bond acceptors (Lipinski definition) is 6.